The van der Waals surface area contributed by atoms with Crippen molar-refractivity contribution in [1.82, 2.24) is 24.3 Å². The maximum Gasteiger partial charge on any atom is 0.230 e. The summed E-state index contributed by atoms with van der Waals surface area (Å²) in [6.45, 7) is 7.61. The van der Waals surface area contributed by atoms with E-state index in [9.17, 15) is 4.79 Å². The van der Waals surface area contributed by atoms with Crippen LogP contribution in [-0.2, 0) is 24.9 Å². The SMILES string of the molecule is Cc1nc(CN2CCC[C@@]3(CCCN(Cc4nccn4C)[C@H]3C)C2=O)cs1. The summed E-state index contributed by atoms with van der Waals surface area (Å²) < 4.78 is 2.08. The highest BCUT2D eigenvalue weighted by Gasteiger charge is 2.51. The average Bonchev–Trinajstić information content (AvgIpc) is 3.24. The van der Waals surface area contributed by atoms with Crippen molar-refractivity contribution in [2.24, 2.45) is 12.5 Å². The molecule has 1 spiro atoms. The number of hydrogen-bond acceptors (Lipinski definition) is 5. The summed E-state index contributed by atoms with van der Waals surface area (Å²) in [5, 5.41) is 3.15. The fraction of sp³-hybridized carbons (Fsp3) is 0.650. The molecule has 2 fully saturated rings. The maximum atomic E-state index is 13.6. The molecular weight excluding hydrogens is 358 g/mol. The van der Waals surface area contributed by atoms with Gasteiger partial charge in [0.1, 0.15) is 5.82 Å². The standard InChI is InChI=1S/C20H29N5OS/c1-15-20(6-4-9-24(15)13-18-21-8-11-23(18)3)7-5-10-25(19(20)26)12-17-14-27-16(2)22-17/h8,11,14-15H,4-7,9-10,12-13H2,1-3H3/t15-,20+/m0/s1. The first-order valence-corrected chi connectivity index (χ1v) is 10.8. The molecule has 4 rings (SSSR count). The Morgan fingerprint density at radius 3 is 2.70 bits per heavy atom. The third-order valence-electron chi connectivity index (χ3n) is 6.46. The van der Waals surface area contributed by atoms with E-state index in [2.05, 4.69) is 36.6 Å². The number of carbonyl (C=O) groups is 1. The third-order valence-corrected chi connectivity index (χ3v) is 7.29. The highest BCUT2D eigenvalue weighted by Crippen LogP contribution is 2.44. The average molecular weight is 388 g/mol. The molecule has 2 aliphatic rings. The van der Waals surface area contributed by atoms with Gasteiger partial charge in [-0.25, -0.2) is 9.97 Å². The van der Waals surface area contributed by atoms with Gasteiger partial charge in [-0.2, -0.15) is 0 Å². The summed E-state index contributed by atoms with van der Waals surface area (Å²) in [4.78, 5) is 27.2. The van der Waals surface area contributed by atoms with Gasteiger partial charge >= 0.3 is 0 Å². The van der Waals surface area contributed by atoms with Crippen LogP contribution in [0.2, 0.25) is 0 Å². The molecule has 0 N–H and O–H groups in total. The molecule has 2 aromatic heterocycles. The Balaban J connectivity index is 1.53. The first-order chi connectivity index (χ1) is 13.0. The molecule has 6 nitrogen and oxygen atoms in total. The second-order valence-corrected chi connectivity index (χ2v) is 9.11. The van der Waals surface area contributed by atoms with Crippen molar-refractivity contribution in [1.29, 1.82) is 0 Å². The minimum atomic E-state index is -0.257. The number of amides is 1. The molecule has 146 valence electrons. The van der Waals surface area contributed by atoms with Crippen molar-refractivity contribution in [2.75, 3.05) is 13.1 Å². The topological polar surface area (TPSA) is 54.3 Å². The highest BCUT2D eigenvalue weighted by atomic mass is 32.1. The van der Waals surface area contributed by atoms with E-state index in [1.54, 1.807) is 11.3 Å². The van der Waals surface area contributed by atoms with Crippen LogP contribution in [0, 0.1) is 12.3 Å². The quantitative estimate of drug-likeness (QED) is 0.809. The summed E-state index contributed by atoms with van der Waals surface area (Å²) in [5.41, 5.74) is 0.767. The fourth-order valence-electron chi connectivity index (χ4n) is 4.85. The van der Waals surface area contributed by atoms with Crippen molar-refractivity contribution >= 4 is 17.2 Å². The van der Waals surface area contributed by atoms with E-state index in [4.69, 9.17) is 0 Å². The van der Waals surface area contributed by atoms with E-state index in [1.165, 1.54) is 0 Å². The summed E-state index contributed by atoms with van der Waals surface area (Å²) >= 11 is 1.66. The van der Waals surface area contributed by atoms with E-state index in [0.29, 0.717) is 12.5 Å². The zero-order chi connectivity index (χ0) is 19.0. The predicted molar refractivity (Wildman–Crippen MR) is 106 cm³/mol. The van der Waals surface area contributed by atoms with Crippen molar-refractivity contribution in [3.8, 4) is 0 Å². The number of likely N-dealkylation sites (tertiary alicyclic amines) is 2. The number of thiazole rings is 1. The largest absolute Gasteiger partial charge is 0.337 e. The van der Waals surface area contributed by atoms with Gasteiger partial charge in [0, 0.05) is 37.4 Å². The van der Waals surface area contributed by atoms with Crippen LogP contribution in [0.3, 0.4) is 0 Å². The van der Waals surface area contributed by atoms with Crippen molar-refractivity contribution in [3.05, 3.63) is 34.3 Å². The normalized spacial score (nSPS) is 26.9. The Kier molecular flexibility index (Phi) is 5.07. The van der Waals surface area contributed by atoms with E-state index >= 15 is 0 Å². The number of aromatic nitrogens is 3. The van der Waals surface area contributed by atoms with Crippen molar-refractivity contribution in [3.63, 3.8) is 0 Å². The van der Waals surface area contributed by atoms with Gasteiger partial charge in [0.25, 0.3) is 0 Å². The third kappa shape index (κ3) is 3.43. The number of imidazole rings is 1. The lowest BCUT2D eigenvalue weighted by Crippen LogP contribution is -2.60. The molecule has 2 atom stereocenters. The molecule has 4 heterocycles. The van der Waals surface area contributed by atoms with Crippen LogP contribution in [0.5, 0.6) is 0 Å². The van der Waals surface area contributed by atoms with Crippen LogP contribution in [-0.4, -0.2) is 49.4 Å². The van der Waals surface area contributed by atoms with Gasteiger partial charge in [-0.3, -0.25) is 9.69 Å². The predicted octanol–water partition coefficient (Wildman–Crippen LogP) is 2.98. The van der Waals surface area contributed by atoms with Crippen molar-refractivity contribution in [2.45, 2.75) is 58.7 Å². The van der Waals surface area contributed by atoms with E-state index < -0.39 is 0 Å². The maximum absolute atomic E-state index is 13.6. The number of aryl methyl sites for hydroxylation is 2. The minimum Gasteiger partial charge on any atom is -0.337 e. The molecule has 0 aliphatic carbocycles. The van der Waals surface area contributed by atoms with Gasteiger partial charge in [-0.15, -0.1) is 11.3 Å². The molecule has 2 aliphatic heterocycles. The number of piperidine rings is 2. The number of carbonyl (C=O) groups excluding carboxylic acids is 1. The molecule has 0 unspecified atom stereocenters. The summed E-state index contributed by atoms with van der Waals surface area (Å²) in [6.07, 6.45) is 7.99. The van der Waals surface area contributed by atoms with Crippen LogP contribution < -0.4 is 0 Å². The van der Waals surface area contributed by atoms with Crippen LogP contribution >= 0.6 is 11.3 Å². The van der Waals surface area contributed by atoms with Gasteiger partial charge < -0.3 is 9.47 Å². The van der Waals surface area contributed by atoms with Crippen LogP contribution in [0.25, 0.3) is 0 Å². The Morgan fingerprint density at radius 1 is 1.26 bits per heavy atom. The molecule has 1 amide bonds. The summed E-state index contributed by atoms with van der Waals surface area (Å²) in [5.74, 6) is 1.40. The Hall–Kier alpha value is -1.73. The molecule has 27 heavy (non-hydrogen) atoms. The lowest BCUT2D eigenvalue weighted by molar-refractivity contribution is -0.156. The van der Waals surface area contributed by atoms with E-state index in [1.807, 2.05) is 26.4 Å². The van der Waals surface area contributed by atoms with Gasteiger partial charge in [-0.1, -0.05) is 0 Å². The highest BCUT2D eigenvalue weighted by molar-refractivity contribution is 7.09. The van der Waals surface area contributed by atoms with Gasteiger partial charge in [0.05, 0.1) is 29.2 Å². The van der Waals surface area contributed by atoms with E-state index in [0.717, 1.165) is 61.8 Å². The molecule has 0 aromatic carbocycles. The molecule has 0 bridgehead atoms. The van der Waals surface area contributed by atoms with Crippen LogP contribution in [0.4, 0.5) is 0 Å². The van der Waals surface area contributed by atoms with Crippen molar-refractivity contribution < 1.29 is 4.79 Å². The Labute approximate surface area is 165 Å². The Morgan fingerprint density at radius 2 is 2.04 bits per heavy atom. The Bertz CT molecular complexity index is 811. The summed E-state index contributed by atoms with van der Waals surface area (Å²) in [7, 11) is 2.04. The summed E-state index contributed by atoms with van der Waals surface area (Å²) in [6, 6.07) is 0.232. The zero-order valence-electron chi connectivity index (χ0n) is 16.5. The monoisotopic (exact) mass is 387 g/mol. The first kappa shape index (κ1) is 18.6. The second-order valence-electron chi connectivity index (χ2n) is 8.05. The zero-order valence-corrected chi connectivity index (χ0v) is 17.3. The molecule has 7 heteroatoms. The molecule has 0 saturated carbocycles. The number of rotatable bonds is 4. The van der Waals surface area contributed by atoms with Gasteiger partial charge in [0.2, 0.25) is 5.91 Å². The fourth-order valence-corrected chi connectivity index (χ4v) is 5.46. The van der Waals surface area contributed by atoms with E-state index in [-0.39, 0.29) is 11.5 Å². The molecule has 2 aromatic rings. The molecular formula is C20H29N5OS. The van der Waals surface area contributed by atoms with Gasteiger partial charge in [-0.05, 0) is 46.1 Å². The van der Waals surface area contributed by atoms with Crippen LogP contribution in [0.1, 0.15) is 49.1 Å². The first-order valence-electron chi connectivity index (χ1n) is 9.90. The number of hydrogen-bond donors (Lipinski definition) is 0. The lowest BCUT2D eigenvalue weighted by atomic mass is 9.67. The van der Waals surface area contributed by atoms with Gasteiger partial charge in [0.15, 0.2) is 0 Å². The molecule has 0 radical (unpaired) electrons. The molecule has 2 saturated heterocycles. The van der Waals surface area contributed by atoms with Crippen LogP contribution in [0.15, 0.2) is 17.8 Å². The minimum absolute atomic E-state index is 0.232. The number of nitrogens with zero attached hydrogens (tertiary/aromatic N) is 5. The lowest BCUT2D eigenvalue weighted by Gasteiger charge is -2.51. The smallest absolute Gasteiger partial charge is 0.230 e. The second kappa shape index (κ2) is 7.36.